The first-order valence-corrected chi connectivity index (χ1v) is 11.3. The van der Waals surface area contributed by atoms with Crippen molar-refractivity contribution in [2.75, 3.05) is 25.5 Å². The minimum absolute atomic E-state index is 0.0617. The van der Waals surface area contributed by atoms with Crippen LogP contribution in [0.3, 0.4) is 0 Å². The summed E-state index contributed by atoms with van der Waals surface area (Å²) in [5.74, 6) is -0.969. The van der Waals surface area contributed by atoms with Gasteiger partial charge in [0.2, 0.25) is 0 Å². The standard InChI is InChI=1S/C27H34N2O4/c1-27(2,3)33-26(32)29(17-16-19-6-11-22(12-7-19)28(4)5)24-14-10-21-18-20(8-13-23(21)24)9-15-25(30)31/h6-9,11-13,15,18,24H,10,14,16-17H2,1-5H3,(H,30,31). The summed E-state index contributed by atoms with van der Waals surface area (Å²) in [6, 6.07) is 14.3. The van der Waals surface area contributed by atoms with Gasteiger partial charge in [-0.25, -0.2) is 9.59 Å². The fraction of sp³-hybridized carbons (Fsp3) is 0.407. The van der Waals surface area contributed by atoms with Gasteiger partial charge in [0, 0.05) is 32.4 Å². The van der Waals surface area contributed by atoms with Crippen LogP contribution in [0, 0.1) is 0 Å². The minimum atomic E-state index is -0.969. The zero-order chi connectivity index (χ0) is 24.2. The van der Waals surface area contributed by atoms with E-state index in [1.165, 1.54) is 5.56 Å². The molecule has 6 heteroatoms. The first kappa shape index (κ1) is 24.4. The van der Waals surface area contributed by atoms with E-state index in [9.17, 15) is 9.59 Å². The van der Waals surface area contributed by atoms with Crippen molar-refractivity contribution in [3.05, 3.63) is 70.8 Å². The summed E-state index contributed by atoms with van der Waals surface area (Å²) < 4.78 is 5.76. The number of aliphatic carboxylic acids is 1. The molecule has 1 N–H and O–H groups in total. The van der Waals surface area contributed by atoms with Gasteiger partial charge in [0.15, 0.2) is 0 Å². The molecule has 0 aliphatic heterocycles. The summed E-state index contributed by atoms with van der Waals surface area (Å²) in [7, 11) is 4.03. The summed E-state index contributed by atoms with van der Waals surface area (Å²) in [6.07, 6.45) is 4.83. The lowest BCUT2D eigenvalue weighted by molar-refractivity contribution is -0.131. The Hall–Kier alpha value is -3.28. The van der Waals surface area contributed by atoms with E-state index in [0.717, 1.165) is 47.7 Å². The molecule has 1 aliphatic rings. The molecule has 0 fully saturated rings. The molecule has 0 spiro atoms. The predicted octanol–water partition coefficient (Wildman–Crippen LogP) is 5.32. The number of carbonyl (C=O) groups is 2. The molecule has 176 valence electrons. The first-order valence-electron chi connectivity index (χ1n) is 11.3. The van der Waals surface area contributed by atoms with Gasteiger partial charge in [0.1, 0.15) is 5.60 Å². The van der Waals surface area contributed by atoms with Crippen LogP contribution >= 0.6 is 0 Å². The molecule has 33 heavy (non-hydrogen) atoms. The number of ether oxygens (including phenoxy) is 1. The molecule has 0 bridgehead atoms. The van der Waals surface area contributed by atoms with E-state index in [4.69, 9.17) is 9.84 Å². The highest BCUT2D eigenvalue weighted by Gasteiger charge is 2.33. The summed E-state index contributed by atoms with van der Waals surface area (Å²) >= 11 is 0. The Bertz CT molecular complexity index is 1020. The molecule has 0 heterocycles. The number of carbonyl (C=O) groups excluding carboxylic acids is 1. The van der Waals surface area contributed by atoms with Crippen LogP contribution in [-0.4, -0.2) is 48.3 Å². The van der Waals surface area contributed by atoms with Crippen LogP contribution in [0.15, 0.2) is 48.5 Å². The molecule has 2 aromatic carbocycles. The highest BCUT2D eigenvalue weighted by atomic mass is 16.6. The van der Waals surface area contributed by atoms with Gasteiger partial charge in [-0.15, -0.1) is 0 Å². The monoisotopic (exact) mass is 450 g/mol. The van der Waals surface area contributed by atoms with E-state index >= 15 is 0 Å². The van der Waals surface area contributed by atoms with Crippen LogP contribution < -0.4 is 4.90 Å². The normalized spacial score (nSPS) is 15.4. The van der Waals surface area contributed by atoms with Crippen molar-refractivity contribution in [2.24, 2.45) is 0 Å². The summed E-state index contributed by atoms with van der Waals surface area (Å²) in [5.41, 5.74) is 4.84. The lowest BCUT2D eigenvalue weighted by Gasteiger charge is -2.32. The first-order chi connectivity index (χ1) is 15.5. The fourth-order valence-electron chi connectivity index (χ4n) is 4.12. The van der Waals surface area contributed by atoms with Gasteiger partial charge in [0.05, 0.1) is 6.04 Å². The number of anilines is 1. The number of carboxylic acid groups (broad SMARTS) is 1. The molecule has 0 saturated heterocycles. The Morgan fingerprint density at radius 3 is 2.42 bits per heavy atom. The number of amides is 1. The quantitative estimate of drug-likeness (QED) is 0.579. The van der Waals surface area contributed by atoms with E-state index in [-0.39, 0.29) is 12.1 Å². The smallest absolute Gasteiger partial charge is 0.410 e. The van der Waals surface area contributed by atoms with Gasteiger partial charge < -0.3 is 19.6 Å². The molecular formula is C27H34N2O4. The SMILES string of the molecule is CN(C)c1ccc(CCN(C(=O)OC(C)(C)C)C2CCc3cc(C=CC(=O)O)ccc32)cc1. The van der Waals surface area contributed by atoms with Crippen molar-refractivity contribution < 1.29 is 19.4 Å². The van der Waals surface area contributed by atoms with E-state index in [2.05, 4.69) is 29.2 Å². The third kappa shape index (κ3) is 6.60. The molecular weight excluding hydrogens is 416 g/mol. The van der Waals surface area contributed by atoms with Crippen LogP contribution in [0.5, 0.6) is 0 Å². The van der Waals surface area contributed by atoms with Crippen molar-refractivity contribution in [3.63, 3.8) is 0 Å². The van der Waals surface area contributed by atoms with Crippen LogP contribution in [0.25, 0.3) is 6.08 Å². The third-order valence-electron chi connectivity index (χ3n) is 5.73. The second-order valence-corrected chi connectivity index (χ2v) is 9.67. The van der Waals surface area contributed by atoms with Crippen molar-refractivity contribution in [1.29, 1.82) is 0 Å². The number of carboxylic acids is 1. The maximum absolute atomic E-state index is 13.2. The lowest BCUT2D eigenvalue weighted by atomic mass is 10.0. The molecule has 0 radical (unpaired) electrons. The lowest BCUT2D eigenvalue weighted by Crippen LogP contribution is -2.40. The molecule has 1 atom stereocenters. The second kappa shape index (κ2) is 10.1. The molecule has 1 unspecified atom stereocenters. The third-order valence-corrected chi connectivity index (χ3v) is 5.73. The van der Waals surface area contributed by atoms with Crippen molar-refractivity contribution >= 4 is 23.8 Å². The van der Waals surface area contributed by atoms with Crippen molar-refractivity contribution in [1.82, 2.24) is 4.90 Å². The zero-order valence-corrected chi connectivity index (χ0v) is 20.2. The highest BCUT2D eigenvalue weighted by molar-refractivity contribution is 5.85. The number of hydrogen-bond acceptors (Lipinski definition) is 4. The molecule has 0 aromatic heterocycles. The van der Waals surface area contributed by atoms with Gasteiger partial charge in [-0.1, -0.05) is 30.3 Å². The van der Waals surface area contributed by atoms with Crippen molar-refractivity contribution in [3.8, 4) is 0 Å². The summed E-state index contributed by atoms with van der Waals surface area (Å²) in [5, 5.41) is 8.88. The van der Waals surface area contributed by atoms with E-state index in [1.54, 1.807) is 6.08 Å². The van der Waals surface area contributed by atoms with Crippen LogP contribution in [-0.2, 0) is 22.4 Å². The van der Waals surface area contributed by atoms with E-state index < -0.39 is 11.6 Å². The predicted molar refractivity (Wildman–Crippen MR) is 132 cm³/mol. The molecule has 3 rings (SSSR count). The molecule has 1 amide bonds. The van der Waals surface area contributed by atoms with Crippen molar-refractivity contribution in [2.45, 2.75) is 51.7 Å². The van der Waals surface area contributed by atoms with Gasteiger partial charge >= 0.3 is 12.1 Å². The molecule has 6 nitrogen and oxygen atoms in total. The molecule has 1 aliphatic carbocycles. The number of benzene rings is 2. The topological polar surface area (TPSA) is 70.1 Å². The Balaban J connectivity index is 1.82. The van der Waals surface area contributed by atoms with E-state index in [0.29, 0.717) is 6.54 Å². The Kier molecular flexibility index (Phi) is 7.46. The number of aryl methyl sites for hydroxylation is 1. The Morgan fingerprint density at radius 2 is 1.82 bits per heavy atom. The second-order valence-electron chi connectivity index (χ2n) is 9.67. The fourth-order valence-corrected chi connectivity index (χ4v) is 4.12. The number of rotatable bonds is 7. The zero-order valence-electron chi connectivity index (χ0n) is 20.2. The largest absolute Gasteiger partial charge is 0.478 e. The van der Waals surface area contributed by atoms with Gasteiger partial charge in [-0.05, 0) is 80.5 Å². The number of fused-ring (bicyclic) bond motifs is 1. The highest BCUT2D eigenvalue weighted by Crippen LogP contribution is 2.37. The average Bonchev–Trinajstić information content (AvgIpc) is 3.14. The Labute approximate surface area is 196 Å². The molecule has 0 saturated carbocycles. The maximum Gasteiger partial charge on any atom is 0.410 e. The molecule has 2 aromatic rings. The van der Waals surface area contributed by atoms with Gasteiger partial charge in [0.25, 0.3) is 0 Å². The number of hydrogen-bond donors (Lipinski definition) is 1. The van der Waals surface area contributed by atoms with Crippen LogP contribution in [0.4, 0.5) is 10.5 Å². The van der Waals surface area contributed by atoms with Crippen LogP contribution in [0.2, 0.25) is 0 Å². The van der Waals surface area contributed by atoms with E-state index in [1.807, 2.05) is 58.0 Å². The van der Waals surface area contributed by atoms with Gasteiger partial charge in [-0.3, -0.25) is 0 Å². The average molecular weight is 451 g/mol. The van der Waals surface area contributed by atoms with Crippen LogP contribution in [0.1, 0.15) is 55.5 Å². The summed E-state index contributed by atoms with van der Waals surface area (Å²) in [6.45, 7) is 6.20. The summed E-state index contributed by atoms with van der Waals surface area (Å²) in [4.78, 5) is 27.9. The van der Waals surface area contributed by atoms with Gasteiger partial charge in [-0.2, -0.15) is 0 Å². The maximum atomic E-state index is 13.2. The number of nitrogens with zero attached hydrogens (tertiary/aromatic N) is 2. The Morgan fingerprint density at radius 1 is 1.12 bits per heavy atom. The minimum Gasteiger partial charge on any atom is -0.478 e.